The van der Waals surface area contributed by atoms with E-state index in [1.165, 1.54) is 0 Å². The zero-order chi connectivity index (χ0) is 12.8. The zero-order valence-electron chi connectivity index (χ0n) is 10.2. The van der Waals surface area contributed by atoms with Crippen LogP contribution in [0.3, 0.4) is 0 Å². The molecule has 0 saturated heterocycles. The first-order valence-electron chi connectivity index (χ1n) is 5.82. The van der Waals surface area contributed by atoms with Crippen molar-refractivity contribution in [3.05, 3.63) is 34.9 Å². The van der Waals surface area contributed by atoms with Gasteiger partial charge in [-0.15, -0.1) is 0 Å². The summed E-state index contributed by atoms with van der Waals surface area (Å²) in [6, 6.07) is 6.94. The van der Waals surface area contributed by atoms with Crippen LogP contribution >= 0.6 is 11.6 Å². The van der Waals surface area contributed by atoms with Gasteiger partial charge in [0.05, 0.1) is 6.04 Å². The van der Waals surface area contributed by atoms with E-state index < -0.39 is 6.04 Å². The van der Waals surface area contributed by atoms with E-state index in [4.69, 9.17) is 17.3 Å². The smallest absolute Gasteiger partial charge is 0.237 e. The van der Waals surface area contributed by atoms with Crippen molar-refractivity contribution in [1.29, 1.82) is 0 Å². The minimum atomic E-state index is -0.438. The molecule has 1 aromatic carbocycles. The van der Waals surface area contributed by atoms with Gasteiger partial charge in [-0.3, -0.25) is 4.79 Å². The Morgan fingerprint density at radius 1 is 1.41 bits per heavy atom. The molecule has 1 aromatic rings. The standard InChI is InChI=1S/C13H19ClN2O/c1-3-9(2)12(15)13(17)16-8-10-4-6-11(14)7-5-10/h4-7,9,12H,3,8,15H2,1-2H3,(H,16,17). The number of halogens is 1. The lowest BCUT2D eigenvalue weighted by Gasteiger charge is -2.17. The minimum absolute atomic E-state index is 0.102. The van der Waals surface area contributed by atoms with Gasteiger partial charge in [-0.2, -0.15) is 0 Å². The summed E-state index contributed by atoms with van der Waals surface area (Å²) in [5.74, 6) is 0.0921. The maximum atomic E-state index is 11.7. The van der Waals surface area contributed by atoms with Crippen molar-refractivity contribution >= 4 is 17.5 Å². The molecular formula is C13H19ClN2O. The van der Waals surface area contributed by atoms with E-state index in [-0.39, 0.29) is 11.8 Å². The fourth-order valence-corrected chi connectivity index (χ4v) is 1.55. The summed E-state index contributed by atoms with van der Waals surface area (Å²) in [6.07, 6.45) is 0.898. The average molecular weight is 255 g/mol. The topological polar surface area (TPSA) is 55.1 Å². The van der Waals surface area contributed by atoms with Crippen LogP contribution in [0, 0.1) is 5.92 Å². The molecule has 3 N–H and O–H groups in total. The van der Waals surface area contributed by atoms with Gasteiger partial charge in [-0.05, 0) is 23.6 Å². The highest BCUT2D eigenvalue weighted by Gasteiger charge is 2.18. The molecule has 0 bridgehead atoms. The van der Waals surface area contributed by atoms with Crippen molar-refractivity contribution in [3.63, 3.8) is 0 Å². The Labute approximate surface area is 107 Å². The summed E-state index contributed by atoms with van der Waals surface area (Å²) in [7, 11) is 0. The van der Waals surface area contributed by atoms with Gasteiger partial charge in [0.1, 0.15) is 0 Å². The molecule has 3 nitrogen and oxygen atoms in total. The summed E-state index contributed by atoms with van der Waals surface area (Å²) >= 11 is 5.78. The molecular weight excluding hydrogens is 236 g/mol. The first-order valence-corrected chi connectivity index (χ1v) is 6.20. The van der Waals surface area contributed by atoms with E-state index in [2.05, 4.69) is 5.32 Å². The molecule has 0 radical (unpaired) electrons. The number of hydrogen-bond acceptors (Lipinski definition) is 2. The van der Waals surface area contributed by atoms with Crippen molar-refractivity contribution in [2.75, 3.05) is 0 Å². The van der Waals surface area contributed by atoms with Gasteiger partial charge in [0.15, 0.2) is 0 Å². The predicted octanol–water partition coefficient (Wildman–Crippen LogP) is 2.33. The van der Waals surface area contributed by atoms with Crippen LogP contribution in [0.2, 0.25) is 5.02 Å². The summed E-state index contributed by atoms with van der Waals surface area (Å²) in [5, 5.41) is 3.52. The molecule has 0 aliphatic rings. The van der Waals surface area contributed by atoms with Crippen LogP contribution in [0.4, 0.5) is 0 Å². The maximum absolute atomic E-state index is 11.7. The molecule has 0 aromatic heterocycles. The number of nitrogens with one attached hydrogen (secondary N) is 1. The zero-order valence-corrected chi connectivity index (χ0v) is 11.0. The van der Waals surface area contributed by atoms with Gasteiger partial charge < -0.3 is 11.1 Å². The average Bonchev–Trinajstić information content (AvgIpc) is 2.35. The molecule has 0 spiro atoms. The molecule has 0 saturated carbocycles. The molecule has 4 heteroatoms. The van der Waals surface area contributed by atoms with Crippen molar-refractivity contribution in [2.24, 2.45) is 11.7 Å². The van der Waals surface area contributed by atoms with Gasteiger partial charge in [0.25, 0.3) is 0 Å². The second kappa shape index (κ2) is 6.62. The third kappa shape index (κ3) is 4.36. The Hall–Kier alpha value is -1.06. The van der Waals surface area contributed by atoms with Crippen LogP contribution in [0.15, 0.2) is 24.3 Å². The Bertz CT molecular complexity index is 364. The van der Waals surface area contributed by atoms with Crippen LogP contribution in [-0.2, 0) is 11.3 Å². The molecule has 0 fully saturated rings. The van der Waals surface area contributed by atoms with E-state index in [1.807, 2.05) is 26.0 Å². The highest BCUT2D eigenvalue weighted by atomic mass is 35.5. The van der Waals surface area contributed by atoms with Crippen LogP contribution in [-0.4, -0.2) is 11.9 Å². The van der Waals surface area contributed by atoms with Crippen molar-refractivity contribution in [3.8, 4) is 0 Å². The lowest BCUT2D eigenvalue weighted by Crippen LogP contribution is -2.44. The Morgan fingerprint density at radius 3 is 2.53 bits per heavy atom. The van der Waals surface area contributed by atoms with E-state index >= 15 is 0 Å². The lowest BCUT2D eigenvalue weighted by atomic mass is 9.99. The normalized spacial score (nSPS) is 14.1. The fraction of sp³-hybridized carbons (Fsp3) is 0.462. The molecule has 1 amide bonds. The number of hydrogen-bond donors (Lipinski definition) is 2. The van der Waals surface area contributed by atoms with Crippen LogP contribution in [0.25, 0.3) is 0 Å². The SMILES string of the molecule is CCC(C)C(N)C(=O)NCc1ccc(Cl)cc1. The second-order valence-corrected chi connectivity index (χ2v) is 4.69. The highest BCUT2D eigenvalue weighted by Crippen LogP contribution is 2.10. The Morgan fingerprint density at radius 2 is 2.00 bits per heavy atom. The number of carbonyl (C=O) groups excluding carboxylic acids is 1. The predicted molar refractivity (Wildman–Crippen MR) is 70.7 cm³/mol. The number of carbonyl (C=O) groups is 1. The summed E-state index contributed by atoms with van der Waals surface area (Å²) < 4.78 is 0. The molecule has 94 valence electrons. The maximum Gasteiger partial charge on any atom is 0.237 e. The number of rotatable bonds is 5. The van der Waals surface area contributed by atoms with Crippen molar-refractivity contribution in [1.82, 2.24) is 5.32 Å². The van der Waals surface area contributed by atoms with Gasteiger partial charge in [-0.1, -0.05) is 44.0 Å². The molecule has 0 aliphatic carbocycles. The quantitative estimate of drug-likeness (QED) is 0.847. The first-order chi connectivity index (χ1) is 8.04. The molecule has 2 unspecified atom stereocenters. The molecule has 0 heterocycles. The number of nitrogens with two attached hydrogens (primary N) is 1. The van der Waals surface area contributed by atoms with Gasteiger partial charge in [0.2, 0.25) is 5.91 Å². The van der Waals surface area contributed by atoms with E-state index in [1.54, 1.807) is 12.1 Å². The summed E-state index contributed by atoms with van der Waals surface area (Å²) in [6.45, 7) is 4.49. The monoisotopic (exact) mass is 254 g/mol. The Balaban J connectivity index is 2.45. The molecule has 1 rings (SSSR count). The fourth-order valence-electron chi connectivity index (χ4n) is 1.42. The van der Waals surface area contributed by atoms with Crippen molar-refractivity contribution in [2.45, 2.75) is 32.9 Å². The largest absolute Gasteiger partial charge is 0.351 e. The van der Waals surface area contributed by atoms with Gasteiger partial charge in [0, 0.05) is 11.6 Å². The summed E-state index contributed by atoms with van der Waals surface area (Å²) in [4.78, 5) is 11.7. The first kappa shape index (κ1) is 14.0. The van der Waals surface area contributed by atoms with Crippen LogP contribution < -0.4 is 11.1 Å². The highest BCUT2D eigenvalue weighted by molar-refractivity contribution is 6.30. The third-order valence-corrected chi connectivity index (χ3v) is 3.19. The lowest BCUT2D eigenvalue weighted by molar-refractivity contribution is -0.123. The van der Waals surface area contributed by atoms with Crippen LogP contribution in [0.5, 0.6) is 0 Å². The molecule has 2 atom stereocenters. The van der Waals surface area contributed by atoms with Gasteiger partial charge in [-0.25, -0.2) is 0 Å². The second-order valence-electron chi connectivity index (χ2n) is 4.26. The minimum Gasteiger partial charge on any atom is -0.351 e. The molecule has 17 heavy (non-hydrogen) atoms. The molecule has 0 aliphatic heterocycles. The van der Waals surface area contributed by atoms with Gasteiger partial charge >= 0.3 is 0 Å². The number of amides is 1. The Kier molecular flexibility index (Phi) is 5.45. The van der Waals surface area contributed by atoms with E-state index in [9.17, 15) is 4.79 Å². The van der Waals surface area contributed by atoms with E-state index in [0.29, 0.717) is 11.6 Å². The third-order valence-electron chi connectivity index (χ3n) is 2.94. The van der Waals surface area contributed by atoms with Crippen LogP contribution in [0.1, 0.15) is 25.8 Å². The van der Waals surface area contributed by atoms with E-state index in [0.717, 1.165) is 12.0 Å². The summed E-state index contributed by atoms with van der Waals surface area (Å²) in [5.41, 5.74) is 6.84. The van der Waals surface area contributed by atoms with Crippen molar-refractivity contribution < 1.29 is 4.79 Å². The number of benzene rings is 1.